The van der Waals surface area contributed by atoms with Crippen LogP contribution in [0.1, 0.15) is 28.7 Å². The monoisotopic (exact) mass is 323 g/mol. The summed E-state index contributed by atoms with van der Waals surface area (Å²) in [7, 11) is 1.24. The quantitative estimate of drug-likeness (QED) is 0.626. The number of carboxylic acids is 1. The third-order valence-corrected chi connectivity index (χ3v) is 3.74. The number of esters is 1. The number of ether oxygens (including phenoxy) is 1. The summed E-state index contributed by atoms with van der Waals surface area (Å²) in [5.41, 5.74) is 4.27. The molecule has 0 aromatic heterocycles. The van der Waals surface area contributed by atoms with Crippen molar-refractivity contribution in [1.29, 1.82) is 0 Å². The molecule has 2 rings (SSSR count). The average Bonchev–Trinajstić information content (AvgIpc) is 2.56. The third-order valence-electron chi connectivity index (χ3n) is 3.74. The summed E-state index contributed by atoms with van der Waals surface area (Å²) < 4.78 is 4.80. The molecule has 124 valence electrons. The molecule has 0 bridgehead atoms. The maximum atomic E-state index is 12.2. The highest BCUT2D eigenvalue weighted by Crippen LogP contribution is 2.29. The SMILES string of the molecule is COC(=O)C(CC(=O)[O-])=C(c1ccc(C)cc1)c1ccc(C)cc1. The van der Waals surface area contributed by atoms with E-state index in [1.807, 2.05) is 62.4 Å². The Labute approximate surface area is 141 Å². The van der Waals surface area contributed by atoms with Crippen LogP contribution in [0.25, 0.3) is 5.57 Å². The van der Waals surface area contributed by atoms with Gasteiger partial charge in [-0.2, -0.15) is 0 Å². The highest BCUT2D eigenvalue weighted by atomic mass is 16.5. The van der Waals surface area contributed by atoms with Gasteiger partial charge in [0.15, 0.2) is 0 Å². The Bertz CT molecular complexity index is 721. The number of aryl methyl sites for hydroxylation is 2. The van der Waals surface area contributed by atoms with E-state index in [1.165, 1.54) is 7.11 Å². The van der Waals surface area contributed by atoms with Gasteiger partial charge < -0.3 is 14.6 Å². The van der Waals surface area contributed by atoms with Gasteiger partial charge in [0.1, 0.15) is 0 Å². The fourth-order valence-electron chi connectivity index (χ4n) is 2.49. The van der Waals surface area contributed by atoms with E-state index in [1.54, 1.807) is 0 Å². The van der Waals surface area contributed by atoms with E-state index in [9.17, 15) is 14.7 Å². The van der Waals surface area contributed by atoms with Gasteiger partial charge in [-0.25, -0.2) is 4.79 Å². The lowest BCUT2D eigenvalue weighted by molar-refractivity contribution is -0.304. The Hall–Kier alpha value is -2.88. The summed E-state index contributed by atoms with van der Waals surface area (Å²) >= 11 is 0. The normalized spacial score (nSPS) is 10.1. The first kappa shape index (κ1) is 17.5. The first-order chi connectivity index (χ1) is 11.4. The maximum Gasteiger partial charge on any atom is 0.334 e. The molecule has 0 N–H and O–H groups in total. The zero-order chi connectivity index (χ0) is 17.7. The molecule has 4 heteroatoms. The lowest BCUT2D eigenvalue weighted by Crippen LogP contribution is -2.25. The van der Waals surface area contributed by atoms with Crippen molar-refractivity contribution >= 4 is 17.5 Å². The molecule has 0 amide bonds. The number of aliphatic carboxylic acids is 1. The van der Waals surface area contributed by atoms with E-state index < -0.39 is 18.4 Å². The minimum atomic E-state index is -1.33. The molecule has 0 aliphatic heterocycles. The molecule has 0 atom stereocenters. The minimum Gasteiger partial charge on any atom is -0.550 e. The number of hydrogen-bond donors (Lipinski definition) is 0. The Morgan fingerprint density at radius 3 is 1.62 bits per heavy atom. The predicted octanol–water partition coefficient (Wildman–Crippen LogP) is 2.42. The zero-order valence-electron chi connectivity index (χ0n) is 14.0. The van der Waals surface area contributed by atoms with Crippen LogP contribution >= 0.6 is 0 Å². The molecule has 0 unspecified atom stereocenters. The molecule has 0 aliphatic carbocycles. The fraction of sp³-hybridized carbons (Fsp3) is 0.200. The summed E-state index contributed by atoms with van der Waals surface area (Å²) in [6.07, 6.45) is -0.510. The van der Waals surface area contributed by atoms with Crippen molar-refractivity contribution in [2.45, 2.75) is 20.3 Å². The molecule has 4 nitrogen and oxygen atoms in total. The van der Waals surface area contributed by atoms with E-state index in [-0.39, 0.29) is 5.57 Å². The van der Waals surface area contributed by atoms with Crippen molar-refractivity contribution in [2.24, 2.45) is 0 Å². The molecule has 0 spiro atoms. The second-order valence-corrected chi connectivity index (χ2v) is 5.63. The summed E-state index contributed by atoms with van der Waals surface area (Å²) in [6.45, 7) is 3.92. The highest BCUT2D eigenvalue weighted by molar-refractivity contribution is 6.04. The van der Waals surface area contributed by atoms with Crippen LogP contribution in [0, 0.1) is 13.8 Å². The molecule has 0 radical (unpaired) electrons. The molecule has 2 aromatic rings. The number of rotatable bonds is 5. The van der Waals surface area contributed by atoms with Gasteiger partial charge in [-0.15, -0.1) is 0 Å². The smallest absolute Gasteiger partial charge is 0.334 e. The third kappa shape index (κ3) is 4.10. The molecule has 0 heterocycles. The van der Waals surface area contributed by atoms with Crippen LogP contribution in [-0.2, 0) is 14.3 Å². The molecular formula is C20H19O4-. The Balaban J connectivity index is 2.73. The van der Waals surface area contributed by atoms with E-state index in [0.717, 1.165) is 22.3 Å². The van der Waals surface area contributed by atoms with E-state index in [2.05, 4.69) is 0 Å². The largest absolute Gasteiger partial charge is 0.550 e. The van der Waals surface area contributed by atoms with Crippen LogP contribution in [0.5, 0.6) is 0 Å². The molecule has 2 aromatic carbocycles. The average molecular weight is 323 g/mol. The maximum absolute atomic E-state index is 12.2. The van der Waals surface area contributed by atoms with Crippen molar-refractivity contribution in [3.8, 4) is 0 Å². The molecule has 0 saturated carbocycles. The number of hydrogen-bond acceptors (Lipinski definition) is 4. The van der Waals surface area contributed by atoms with Gasteiger partial charge in [0, 0.05) is 12.4 Å². The van der Waals surface area contributed by atoms with Gasteiger partial charge in [-0.3, -0.25) is 0 Å². The van der Waals surface area contributed by atoms with Gasteiger partial charge in [0.25, 0.3) is 0 Å². The van der Waals surface area contributed by atoms with E-state index in [0.29, 0.717) is 5.57 Å². The minimum absolute atomic E-state index is 0.0743. The lowest BCUT2D eigenvalue weighted by atomic mass is 9.90. The van der Waals surface area contributed by atoms with Crippen molar-refractivity contribution in [3.05, 3.63) is 76.4 Å². The summed E-state index contributed by atoms with van der Waals surface area (Å²) in [6, 6.07) is 15.1. The number of carbonyl (C=O) groups excluding carboxylic acids is 2. The standard InChI is InChI=1S/C20H20O4/c1-13-4-8-15(9-5-13)19(16-10-6-14(2)7-11-16)17(12-18(21)22)20(23)24-3/h4-11H,12H2,1-3H3,(H,21,22)/p-1. The van der Waals surface area contributed by atoms with Gasteiger partial charge in [0.2, 0.25) is 0 Å². The number of carbonyl (C=O) groups is 2. The second-order valence-electron chi connectivity index (χ2n) is 5.63. The van der Waals surface area contributed by atoms with Crippen molar-refractivity contribution in [2.75, 3.05) is 7.11 Å². The van der Waals surface area contributed by atoms with Crippen LogP contribution in [-0.4, -0.2) is 19.0 Å². The van der Waals surface area contributed by atoms with Crippen molar-refractivity contribution in [3.63, 3.8) is 0 Å². The predicted molar refractivity (Wildman–Crippen MR) is 90.0 cm³/mol. The Morgan fingerprint density at radius 2 is 1.29 bits per heavy atom. The number of benzene rings is 2. The van der Waals surface area contributed by atoms with Crippen LogP contribution in [0.4, 0.5) is 0 Å². The molecule has 24 heavy (non-hydrogen) atoms. The van der Waals surface area contributed by atoms with Crippen molar-refractivity contribution < 1.29 is 19.4 Å². The fourth-order valence-corrected chi connectivity index (χ4v) is 2.49. The van der Waals surface area contributed by atoms with E-state index in [4.69, 9.17) is 4.74 Å². The van der Waals surface area contributed by atoms with Crippen LogP contribution in [0.3, 0.4) is 0 Å². The summed E-state index contributed by atoms with van der Waals surface area (Å²) in [5, 5.41) is 11.2. The number of carboxylic acid groups (broad SMARTS) is 1. The summed E-state index contributed by atoms with van der Waals surface area (Å²) in [4.78, 5) is 23.4. The first-order valence-electron chi connectivity index (χ1n) is 7.57. The van der Waals surface area contributed by atoms with Crippen LogP contribution in [0.2, 0.25) is 0 Å². The molecule has 0 saturated heterocycles. The van der Waals surface area contributed by atoms with Gasteiger partial charge in [0.05, 0.1) is 12.7 Å². The summed E-state index contributed by atoms with van der Waals surface area (Å²) in [5.74, 6) is -2.00. The van der Waals surface area contributed by atoms with Gasteiger partial charge >= 0.3 is 5.97 Å². The zero-order valence-corrected chi connectivity index (χ0v) is 14.0. The first-order valence-corrected chi connectivity index (χ1v) is 7.57. The topological polar surface area (TPSA) is 66.4 Å². The Morgan fingerprint density at radius 1 is 0.875 bits per heavy atom. The molecular weight excluding hydrogens is 304 g/mol. The van der Waals surface area contributed by atoms with Gasteiger partial charge in [-0.1, -0.05) is 59.7 Å². The van der Waals surface area contributed by atoms with Crippen molar-refractivity contribution in [1.82, 2.24) is 0 Å². The second kappa shape index (κ2) is 7.59. The molecule has 0 fully saturated rings. The Kier molecular flexibility index (Phi) is 5.53. The van der Waals surface area contributed by atoms with E-state index >= 15 is 0 Å². The van der Waals surface area contributed by atoms with Crippen LogP contribution < -0.4 is 5.11 Å². The van der Waals surface area contributed by atoms with Gasteiger partial charge in [-0.05, 0) is 30.5 Å². The van der Waals surface area contributed by atoms with Crippen LogP contribution in [0.15, 0.2) is 54.1 Å². The highest BCUT2D eigenvalue weighted by Gasteiger charge is 2.19. The molecule has 0 aliphatic rings. The number of methoxy groups -OCH3 is 1. The lowest BCUT2D eigenvalue weighted by Gasteiger charge is -2.16.